The van der Waals surface area contributed by atoms with Crippen LogP contribution in [0.15, 0.2) is 58.5 Å². The molecule has 8 nitrogen and oxygen atoms in total. The molecule has 0 unspecified atom stereocenters. The molecule has 31 heavy (non-hydrogen) atoms. The van der Waals surface area contributed by atoms with E-state index < -0.39 is 10.0 Å². The highest BCUT2D eigenvalue weighted by atomic mass is 32.2. The summed E-state index contributed by atoms with van der Waals surface area (Å²) < 4.78 is 31.9. The summed E-state index contributed by atoms with van der Waals surface area (Å²) in [6, 6.07) is 13.8. The number of benzene rings is 2. The van der Waals surface area contributed by atoms with Gasteiger partial charge in [0, 0.05) is 30.6 Å². The van der Waals surface area contributed by atoms with Crippen molar-refractivity contribution in [2.45, 2.75) is 24.2 Å². The predicted molar refractivity (Wildman–Crippen MR) is 114 cm³/mol. The van der Waals surface area contributed by atoms with Crippen molar-refractivity contribution in [2.24, 2.45) is 5.10 Å². The quantitative estimate of drug-likeness (QED) is 0.688. The summed E-state index contributed by atoms with van der Waals surface area (Å²) in [6.07, 6.45) is 0.824. The summed E-state index contributed by atoms with van der Waals surface area (Å²) in [5.41, 5.74) is 5.31. The van der Waals surface area contributed by atoms with Crippen molar-refractivity contribution < 1.29 is 22.7 Å². The van der Waals surface area contributed by atoms with E-state index in [0.717, 1.165) is 11.1 Å². The highest BCUT2D eigenvalue weighted by Crippen LogP contribution is 2.22. The minimum atomic E-state index is -3.53. The zero-order valence-electron chi connectivity index (χ0n) is 16.9. The van der Waals surface area contributed by atoms with Crippen molar-refractivity contribution >= 4 is 27.4 Å². The number of hydrazone groups is 1. The van der Waals surface area contributed by atoms with Gasteiger partial charge in [0.1, 0.15) is 0 Å². The number of amides is 1. The molecule has 162 valence electrons. The second-order valence-corrected chi connectivity index (χ2v) is 9.34. The lowest BCUT2D eigenvalue weighted by atomic mass is 10.1. The van der Waals surface area contributed by atoms with Gasteiger partial charge in [0.15, 0.2) is 5.78 Å². The Bertz CT molecular complexity index is 1120. The van der Waals surface area contributed by atoms with E-state index in [-0.39, 0.29) is 29.4 Å². The molecule has 1 aliphatic heterocycles. The molecule has 2 aliphatic rings. The van der Waals surface area contributed by atoms with E-state index in [9.17, 15) is 18.0 Å². The lowest BCUT2D eigenvalue weighted by molar-refractivity contribution is -0.121. The Balaban J connectivity index is 1.32. The number of nitrogens with one attached hydrogen (secondary N) is 1. The molecule has 1 saturated heterocycles. The van der Waals surface area contributed by atoms with Crippen molar-refractivity contribution in [3.05, 3.63) is 65.2 Å². The molecule has 0 bridgehead atoms. The number of sulfonamides is 1. The number of nitrogens with zero attached hydrogens (tertiary/aromatic N) is 2. The number of carbonyl (C=O) groups is 2. The standard InChI is InChI=1S/C22H23N3O5S/c26-21-15-20(18-3-1-2-4-19(18)21)23-24-22(27)10-7-16-5-8-17(9-6-16)31(28,29)25-11-13-30-14-12-25/h1-6,8-9H,7,10-15H2,(H,24,27)/b23-20+. The molecule has 0 spiro atoms. The molecule has 2 aromatic carbocycles. The number of aryl methyl sites for hydroxylation is 1. The molecule has 0 atom stereocenters. The van der Waals surface area contributed by atoms with Gasteiger partial charge >= 0.3 is 0 Å². The number of hydrogen-bond acceptors (Lipinski definition) is 6. The molecule has 0 radical (unpaired) electrons. The Morgan fingerprint density at radius 1 is 1.03 bits per heavy atom. The molecular formula is C22H23N3O5S. The maximum absolute atomic E-state index is 12.7. The van der Waals surface area contributed by atoms with E-state index in [1.54, 1.807) is 36.4 Å². The third kappa shape index (κ3) is 4.73. The average Bonchev–Trinajstić information content (AvgIpc) is 3.13. The molecule has 1 amide bonds. The van der Waals surface area contributed by atoms with Crippen LogP contribution in [0, 0.1) is 0 Å². The third-order valence-electron chi connectivity index (χ3n) is 5.35. The summed E-state index contributed by atoms with van der Waals surface area (Å²) in [5.74, 6) is -0.273. The lowest BCUT2D eigenvalue weighted by Gasteiger charge is -2.26. The number of ketones is 1. The molecular weight excluding hydrogens is 418 g/mol. The molecule has 0 saturated carbocycles. The highest BCUT2D eigenvalue weighted by molar-refractivity contribution is 7.89. The summed E-state index contributed by atoms with van der Waals surface area (Å²) in [7, 11) is -3.53. The average molecular weight is 442 g/mol. The Labute approximate surface area is 180 Å². The van der Waals surface area contributed by atoms with E-state index in [0.29, 0.717) is 44.0 Å². The van der Waals surface area contributed by atoms with E-state index >= 15 is 0 Å². The van der Waals surface area contributed by atoms with E-state index in [1.165, 1.54) is 4.31 Å². The summed E-state index contributed by atoms with van der Waals surface area (Å²) >= 11 is 0. The highest BCUT2D eigenvalue weighted by Gasteiger charge is 2.26. The maximum Gasteiger partial charge on any atom is 0.243 e. The summed E-state index contributed by atoms with van der Waals surface area (Å²) in [6.45, 7) is 1.50. The number of Topliss-reactive ketones (excluding diaryl/α,β-unsaturated/α-hetero) is 1. The topological polar surface area (TPSA) is 105 Å². The van der Waals surface area contributed by atoms with Crippen LogP contribution >= 0.6 is 0 Å². The molecule has 1 fully saturated rings. The maximum atomic E-state index is 12.7. The minimum absolute atomic E-state index is 0.00396. The lowest BCUT2D eigenvalue weighted by Crippen LogP contribution is -2.40. The summed E-state index contributed by atoms with van der Waals surface area (Å²) in [4.78, 5) is 24.4. The van der Waals surface area contributed by atoms with Crippen LogP contribution in [-0.2, 0) is 26.0 Å². The molecule has 4 rings (SSSR count). The van der Waals surface area contributed by atoms with E-state index in [4.69, 9.17) is 4.74 Å². The first-order valence-corrected chi connectivity index (χ1v) is 11.5. The van der Waals surface area contributed by atoms with E-state index in [1.807, 2.05) is 12.1 Å². The fourth-order valence-corrected chi connectivity index (χ4v) is 5.04. The number of carbonyl (C=O) groups excluding carboxylic acids is 2. The molecule has 9 heteroatoms. The van der Waals surface area contributed by atoms with Gasteiger partial charge in [-0.05, 0) is 24.1 Å². The van der Waals surface area contributed by atoms with Crippen LogP contribution in [0.25, 0.3) is 0 Å². The SMILES string of the molecule is O=C(CCc1ccc(S(=O)(=O)N2CCOCC2)cc1)N/N=C1\CC(=O)c2ccccc21. The number of fused-ring (bicyclic) bond motifs is 1. The number of rotatable bonds is 6. The van der Waals surface area contributed by atoms with Crippen LogP contribution in [0.1, 0.15) is 34.3 Å². The zero-order chi connectivity index (χ0) is 21.8. The van der Waals surface area contributed by atoms with Gasteiger partial charge < -0.3 is 4.74 Å². The predicted octanol–water partition coefficient (Wildman–Crippen LogP) is 1.75. The fourth-order valence-electron chi connectivity index (χ4n) is 3.63. The summed E-state index contributed by atoms with van der Waals surface area (Å²) in [5, 5.41) is 4.13. The second-order valence-electron chi connectivity index (χ2n) is 7.40. The molecule has 1 heterocycles. The Hall–Kier alpha value is -2.88. The Morgan fingerprint density at radius 2 is 1.71 bits per heavy atom. The van der Waals surface area contributed by atoms with Crippen LogP contribution in [0.4, 0.5) is 0 Å². The molecule has 1 N–H and O–H groups in total. The van der Waals surface area contributed by atoms with Gasteiger partial charge in [0.05, 0.1) is 30.2 Å². The van der Waals surface area contributed by atoms with Crippen molar-refractivity contribution in [1.82, 2.24) is 9.73 Å². The van der Waals surface area contributed by atoms with Crippen LogP contribution in [0.3, 0.4) is 0 Å². The zero-order valence-corrected chi connectivity index (χ0v) is 17.7. The first-order chi connectivity index (χ1) is 14.9. The number of morpholine rings is 1. The number of hydrogen-bond donors (Lipinski definition) is 1. The molecule has 1 aliphatic carbocycles. The monoisotopic (exact) mass is 441 g/mol. The van der Waals surface area contributed by atoms with Gasteiger partial charge in [-0.25, -0.2) is 13.8 Å². The first-order valence-electron chi connectivity index (χ1n) is 10.1. The van der Waals surface area contributed by atoms with Gasteiger partial charge in [-0.2, -0.15) is 9.41 Å². The van der Waals surface area contributed by atoms with Gasteiger partial charge in [-0.15, -0.1) is 0 Å². The Morgan fingerprint density at radius 3 is 2.42 bits per heavy atom. The normalized spacial score (nSPS) is 18.2. The minimum Gasteiger partial charge on any atom is -0.379 e. The van der Waals surface area contributed by atoms with Gasteiger partial charge in [-0.3, -0.25) is 9.59 Å². The second kappa shape index (κ2) is 9.09. The smallest absolute Gasteiger partial charge is 0.243 e. The largest absolute Gasteiger partial charge is 0.379 e. The van der Waals surface area contributed by atoms with Crippen molar-refractivity contribution in [3.63, 3.8) is 0 Å². The van der Waals surface area contributed by atoms with Gasteiger partial charge in [-0.1, -0.05) is 36.4 Å². The van der Waals surface area contributed by atoms with Crippen LogP contribution < -0.4 is 5.43 Å². The van der Waals surface area contributed by atoms with Crippen molar-refractivity contribution in [3.8, 4) is 0 Å². The third-order valence-corrected chi connectivity index (χ3v) is 7.27. The molecule has 2 aromatic rings. The van der Waals surface area contributed by atoms with Crippen LogP contribution in [-0.4, -0.2) is 56.4 Å². The van der Waals surface area contributed by atoms with Crippen LogP contribution in [0.5, 0.6) is 0 Å². The van der Waals surface area contributed by atoms with Crippen molar-refractivity contribution in [2.75, 3.05) is 26.3 Å². The van der Waals surface area contributed by atoms with Crippen molar-refractivity contribution in [1.29, 1.82) is 0 Å². The Kier molecular flexibility index (Phi) is 6.26. The van der Waals surface area contributed by atoms with Gasteiger partial charge in [0.25, 0.3) is 0 Å². The van der Waals surface area contributed by atoms with E-state index in [2.05, 4.69) is 10.5 Å². The number of ether oxygens (including phenoxy) is 1. The fraction of sp³-hybridized carbons (Fsp3) is 0.318. The molecule has 0 aromatic heterocycles. The van der Waals surface area contributed by atoms with Crippen LogP contribution in [0.2, 0.25) is 0 Å². The van der Waals surface area contributed by atoms with Gasteiger partial charge in [0.2, 0.25) is 15.9 Å². The first kappa shape index (κ1) is 21.4.